The Bertz CT molecular complexity index is 934. The minimum absolute atomic E-state index is 0.305. The lowest BCUT2D eigenvalue weighted by atomic mass is 9.77. The van der Waals surface area contributed by atoms with E-state index in [2.05, 4.69) is 48.2 Å². The number of unbranched alkanes of at least 4 members (excludes halogenated alkanes) is 2. The molecule has 1 aliphatic carbocycles. The second kappa shape index (κ2) is 11.2. The molecule has 1 aliphatic rings. The van der Waals surface area contributed by atoms with Crippen LogP contribution >= 0.6 is 12.2 Å². The van der Waals surface area contributed by atoms with Crippen LogP contribution in [0.25, 0.3) is 11.1 Å². The van der Waals surface area contributed by atoms with Crippen LogP contribution in [0.1, 0.15) is 75.3 Å². The van der Waals surface area contributed by atoms with Gasteiger partial charge in [0, 0.05) is 0 Å². The first-order valence-corrected chi connectivity index (χ1v) is 11.2. The summed E-state index contributed by atoms with van der Waals surface area (Å²) in [7, 11) is 0. The zero-order valence-corrected chi connectivity index (χ0v) is 18.2. The normalized spacial score (nSPS) is 18.2. The van der Waals surface area contributed by atoms with E-state index in [1.165, 1.54) is 69.1 Å². The van der Waals surface area contributed by atoms with Crippen molar-refractivity contribution in [2.24, 2.45) is 10.9 Å². The molecule has 0 unspecified atom stereocenters. The van der Waals surface area contributed by atoms with Gasteiger partial charge in [-0.3, -0.25) is 0 Å². The van der Waals surface area contributed by atoms with Crippen molar-refractivity contribution in [1.29, 1.82) is 0 Å². The molecule has 0 heterocycles. The van der Waals surface area contributed by atoms with E-state index >= 15 is 0 Å². The lowest BCUT2D eigenvalue weighted by Gasteiger charge is -2.29. The van der Waals surface area contributed by atoms with Crippen molar-refractivity contribution in [2.45, 2.75) is 64.2 Å². The fourth-order valence-electron chi connectivity index (χ4n) is 4.38. The van der Waals surface area contributed by atoms with Crippen LogP contribution in [-0.2, 0) is 0 Å². The van der Waals surface area contributed by atoms with Crippen molar-refractivity contribution in [3.63, 3.8) is 0 Å². The first kappa shape index (κ1) is 22.3. The summed E-state index contributed by atoms with van der Waals surface area (Å²) < 4.78 is 28.6. The molecule has 0 N–H and O–H groups in total. The van der Waals surface area contributed by atoms with Crippen molar-refractivity contribution in [2.75, 3.05) is 0 Å². The zero-order valence-electron chi connectivity index (χ0n) is 17.4. The van der Waals surface area contributed by atoms with Gasteiger partial charge in [-0.1, -0.05) is 56.9 Å². The van der Waals surface area contributed by atoms with Crippen molar-refractivity contribution >= 4 is 17.4 Å². The highest BCUT2D eigenvalue weighted by Crippen LogP contribution is 2.38. The van der Waals surface area contributed by atoms with Gasteiger partial charge in [0.15, 0.2) is 0 Å². The number of thiocarbonyl (C=S) groups is 1. The molecule has 0 bridgehead atoms. The maximum absolute atomic E-state index is 14.3. The van der Waals surface area contributed by atoms with Crippen LogP contribution in [0, 0.1) is 29.5 Å². The Morgan fingerprint density at radius 2 is 1.63 bits per heavy atom. The third kappa shape index (κ3) is 5.85. The molecule has 0 amide bonds. The summed E-state index contributed by atoms with van der Waals surface area (Å²) in [6.07, 6.45) is 10.4. The molecule has 0 aromatic heterocycles. The van der Waals surface area contributed by atoms with Crippen molar-refractivity contribution in [1.82, 2.24) is 0 Å². The Morgan fingerprint density at radius 1 is 0.967 bits per heavy atom. The maximum Gasteiger partial charge on any atom is 0.142 e. The third-order valence-electron chi connectivity index (χ3n) is 6.10. The molecule has 3 rings (SSSR count). The van der Waals surface area contributed by atoms with E-state index in [9.17, 15) is 8.78 Å². The number of nitrogens with zero attached hydrogens (tertiary/aromatic N) is 1. The molecule has 0 radical (unpaired) electrons. The van der Waals surface area contributed by atoms with E-state index in [1.807, 2.05) is 17.3 Å². The van der Waals surface area contributed by atoms with E-state index in [1.54, 1.807) is 0 Å². The Hall–Kier alpha value is -2.34. The van der Waals surface area contributed by atoms with Gasteiger partial charge in [-0.2, -0.15) is 0 Å². The highest BCUT2D eigenvalue weighted by atomic mass is 32.1. The molecule has 156 valence electrons. The Kier molecular flexibility index (Phi) is 8.31. The van der Waals surface area contributed by atoms with Gasteiger partial charge in [-0.25, -0.2) is 8.78 Å². The van der Waals surface area contributed by atoms with Gasteiger partial charge < -0.3 is 0 Å². The summed E-state index contributed by atoms with van der Waals surface area (Å²) in [4.78, 5) is 3.38. The van der Waals surface area contributed by atoms with Gasteiger partial charge in [0.1, 0.15) is 11.6 Å². The molecule has 1 saturated carbocycles. The lowest BCUT2D eigenvalue weighted by molar-refractivity contribution is 0.303. The molecular formula is C26H27F2NS. The fourth-order valence-corrected chi connectivity index (χ4v) is 4.43. The number of aliphatic imine (C=N–C) groups is 1. The average molecular weight is 424 g/mol. The molecular weight excluding hydrogens is 396 g/mol. The first-order valence-electron chi connectivity index (χ1n) is 10.8. The molecule has 2 aromatic carbocycles. The lowest BCUT2D eigenvalue weighted by Crippen LogP contribution is -2.13. The van der Waals surface area contributed by atoms with Crippen LogP contribution in [0.4, 0.5) is 8.78 Å². The largest absolute Gasteiger partial charge is 0.205 e. The monoisotopic (exact) mass is 423 g/mol. The summed E-state index contributed by atoms with van der Waals surface area (Å²) in [5, 5.41) is 2.05. The molecule has 4 heteroatoms. The average Bonchev–Trinajstić information content (AvgIpc) is 2.76. The molecule has 0 spiro atoms. The smallest absolute Gasteiger partial charge is 0.142 e. The summed E-state index contributed by atoms with van der Waals surface area (Å²) in [6, 6.07) is 13.0. The molecule has 30 heavy (non-hydrogen) atoms. The van der Waals surface area contributed by atoms with Crippen LogP contribution in [0.2, 0.25) is 0 Å². The predicted octanol–water partition coefficient (Wildman–Crippen LogP) is 7.90. The molecule has 1 nitrogen and oxygen atoms in total. The Morgan fingerprint density at radius 3 is 2.23 bits per heavy atom. The van der Waals surface area contributed by atoms with E-state index in [-0.39, 0.29) is 5.56 Å². The standard InChI is InChI=1S/C26H27F2NS/c1-2-3-4-5-19-6-8-20(9-7-19)21-10-12-22(13-11-21)23-16-25(27)24(26(28)17-23)14-15-29-18-30/h10-13,16-17,19-20H,2-9H2,1H3. The van der Waals surface area contributed by atoms with Gasteiger partial charge in [-0.15, -0.1) is 4.99 Å². The van der Waals surface area contributed by atoms with Gasteiger partial charge >= 0.3 is 0 Å². The number of benzene rings is 2. The van der Waals surface area contributed by atoms with Gasteiger partial charge in [0.25, 0.3) is 0 Å². The van der Waals surface area contributed by atoms with Crippen LogP contribution in [0.5, 0.6) is 0 Å². The van der Waals surface area contributed by atoms with E-state index in [4.69, 9.17) is 0 Å². The predicted molar refractivity (Wildman–Crippen MR) is 123 cm³/mol. The Labute approximate surface area is 183 Å². The van der Waals surface area contributed by atoms with Crippen LogP contribution in [0.3, 0.4) is 0 Å². The van der Waals surface area contributed by atoms with Crippen molar-refractivity contribution in [3.8, 4) is 23.1 Å². The summed E-state index contributed by atoms with van der Waals surface area (Å²) in [5.74, 6) is 2.40. The minimum Gasteiger partial charge on any atom is -0.205 e. The molecule has 1 fully saturated rings. The van der Waals surface area contributed by atoms with Gasteiger partial charge in [0.2, 0.25) is 0 Å². The number of hydrogen-bond donors (Lipinski definition) is 0. The fraction of sp³-hybridized carbons (Fsp3) is 0.423. The second-order valence-corrected chi connectivity index (χ2v) is 8.27. The Balaban J connectivity index is 1.66. The van der Waals surface area contributed by atoms with Gasteiger partial charge in [-0.05, 0) is 84.5 Å². The highest BCUT2D eigenvalue weighted by Gasteiger charge is 2.22. The topological polar surface area (TPSA) is 12.4 Å². The molecule has 0 saturated heterocycles. The highest BCUT2D eigenvalue weighted by molar-refractivity contribution is 7.78. The quantitative estimate of drug-likeness (QED) is 0.199. The zero-order chi connectivity index (χ0) is 21.3. The van der Waals surface area contributed by atoms with E-state index < -0.39 is 11.6 Å². The summed E-state index contributed by atoms with van der Waals surface area (Å²) in [6.45, 7) is 2.25. The van der Waals surface area contributed by atoms with Crippen molar-refractivity contribution in [3.05, 3.63) is 59.2 Å². The summed E-state index contributed by atoms with van der Waals surface area (Å²) >= 11 is 4.40. The van der Waals surface area contributed by atoms with E-state index in [0.717, 1.165) is 11.5 Å². The molecule has 0 aliphatic heterocycles. The first-order chi connectivity index (χ1) is 14.6. The molecule has 2 aromatic rings. The number of isothiocyanates is 1. The maximum atomic E-state index is 14.3. The third-order valence-corrected chi connectivity index (χ3v) is 6.19. The van der Waals surface area contributed by atoms with Crippen molar-refractivity contribution < 1.29 is 8.78 Å². The van der Waals surface area contributed by atoms with Crippen LogP contribution in [-0.4, -0.2) is 5.16 Å². The summed E-state index contributed by atoms with van der Waals surface area (Å²) in [5.41, 5.74) is 2.31. The van der Waals surface area contributed by atoms with Crippen LogP contribution < -0.4 is 0 Å². The molecule has 0 atom stereocenters. The van der Waals surface area contributed by atoms with Crippen LogP contribution in [0.15, 0.2) is 41.4 Å². The second-order valence-electron chi connectivity index (χ2n) is 8.09. The number of halogens is 2. The van der Waals surface area contributed by atoms with E-state index in [0.29, 0.717) is 11.5 Å². The minimum atomic E-state index is -0.706. The number of rotatable bonds is 6. The SMILES string of the molecule is CCCCCC1CCC(c2ccc(-c3cc(F)c(C#CN=C=S)c(F)c3)cc2)CC1. The van der Waals surface area contributed by atoms with Gasteiger partial charge in [0.05, 0.1) is 16.8 Å². The number of hydrogen-bond acceptors (Lipinski definition) is 2.